The predicted octanol–water partition coefficient (Wildman–Crippen LogP) is 1.33. The first kappa shape index (κ1) is 14.1. The SMILES string of the molecule is CC1CCCN(C(O[P+](=O)O)O[P+](=O)O)C1. The van der Waals surface area contributed by atoms with Gasteiger partial charge in [0.05, 0.1) is 0 Å². The average molecular weight is 271 g/mol. The van der Waals surface area contributed by atoms with Crippen LogP contribution in [0.15, 0.2) is 0 Å². The molecule has 92 valence electrons. The molecule has 0 aromatic carbocycles. The standard InChI is InChI=1S/C7H13NO6P2/c1-6-3-2-4-8(5-6)7(13-15(9)10)14-16(11)12/h6-7H,2-5H2,1H3/p+2. The zero-order chi connectivity index (χ0) is 12.1. The third kappa shape index (κ3) is 4.89. The number of nitrogens with zero attached hydrogens (tertiary/aromatic N) is 1. The van der Waals surface area contributed by atoms with Crippen LogP contribution in [-0.2, 0) is 18.2 Å². The molecular weight excluding hydrogens is 256 g/mol. The molecular formula is C7H15NO6P2+2. The first-order chi connectivity index (χ1) is 7.49. The largest absolute Gasteiger partial charge is 0.699 e. The summed E-state index contributed by atoms with van der Waals surface area (Å²) in [5.41, 5.74) is 0. The van der Waals surface area contributed by atoms with Gasteiger partial charge in [-0.3, -0.25) is 0 Å². The van der Waals surface area contributed by atoms with Gasteiger partial charge in [-0.2, -0.15) is 0 Å². The molecule has 0 aromatic rings. The van der Waals surface area contributed by atoms with Crippen LogP contribution in [0.2, 0.25) is 0 Å². The fourth-order valence-electron chi connectivity index (χ4n) is 1.72. The lowest BCUT2D eigenvalue weighted by Crippen LogP contribution is -2.43. The second kappa shape index (κ2) is 6.67. The van der Waals surface area contributed by atoms with Gasteiger partial charge in [-0.05, 0) is 18.8 Å². The van der Waals surface area contributed by atoms with Gasteiger partial charge in [0, 0.05) is 22.2 Å². The molecule has 0 bridgehead atoms. The van der Waals surface area contributed by atoms with Crippen molar-refractivity contribution in [2.45, 2.75) is 26.2 Å². The Morgan fingerprint density at radius 2 is 1.88 bits per heavy atom. The number of likely N-dealkylation sites (tertiary alicyclic amines) is 1. The quantitative estimate of drug-likeness (QED) is 0.575. The molecule has 2 N–H and O–H groups in total. The highest BCUT2D eigenvalue weighted by Crippen LogP contribution is 2.30. The summed E-state index contributed by atoms with van der Waals surface area (Å²) in [4.78, 5) is 18.9. The van der Waals surface area contributed by atoms with Crippen LogP contribution in [0, 0.1) is 5.92 Å². The fraction of sp³-hybridized carbons (Fsp3) is 1.00. The first-order valence-corrected chi connectivity index (χ1v) is 7.15. The number of hydrogen-bond donors (Lipinski definition) is 2. The molecule has 1 heterocycles. The minimum Gasteiger partial charge on any atom is -0.247 e. The van der Waals surface area contributed by atoms with Gasteiger partial charge < -0.3 is 0 Å². The van der Waals surface area contributed by atoms with Gasteiger partial charge in [0.15, 0.2) is 0 Å². The summed E-state index contributed by atoms with van der Waals surface area (Å²) in [6.45, 7) is 3.25. The Labute approximate surface area is 95.3 Å². The van der Waals surface area contributed by atoms with Crippen molar-refractivity contribution < 1.29 is 28.0 Å². The molecule has 0 spiro atoms. The van der Waals surface area contributed by atoms with E-state index in [9.17, 15) is 9.13 Å². The van der Waals surface area contributed by atoms with Crippen LogP contribution >= 0.6 is 16.5 Å². The van der Waals surface area contributed by atoms with Crippen molar-refractivity contribution in [2.24, 2.45) is 5.92 Å². The second-order valence-corrected chi connectivity index (χ2v) is 5.11. The van der Waals surface area contributed by atoms with Gasteiger partial charge in [-0.1, -0.05) is 16.0 Å². The summed E-state index contributed by atoms with van der Waals surface area (Å²) >= 11 is 0. The molecule has 1 aliphatic rings. The maximum absolute atomic E-state index is 10.6. The van der Waals surface area contributed by atoms with E-state index < -0.39 is 22.9 Å². The average Bonchev–Trinajstić information content (AvgIpc) is 2.15. The molecule has 3 atom stereocenters. The van der Waals surface area contributed by atoms with Crippen LogP contribution in [0.5, 0.6) is 0 Å². The highest BCUT2D eigenvalue weighted by molar-refractivity contribution is 7.32. The Kier molecular flexibility index (Phi) is 5.86. The molecule has 9 heteroatoms. The maximum atomic E-state index is 10.6. The van der Waals surface area contributed by atoms with E-state index in [1.54, 1.807) is 4.90 Å². The van der Waals surface area contributed by atoms with E-state index in [1.165, 1.54) is 0 Å². The summed E-state index contributed by atoms with van der Waals surface area (Å²) in [6.07, 6.45) is 0.721. The molecule has 0 amide bonds. The van der Waals surface area contributed by atoms with Gasteiger partial charge in [-0.25, -0.2) is 4.90 Å². The van der Waals surface area contributed by atoms with Gasteiger partial charge >= 0.3 is 22.9 Å². The Morgan fingerprint density at radius 1 is 1.31 bits per heavy atom. The van der Waals surface area contributed by atoms with E-state index in [1.807, 2.05) is 6.92 Å². The molecule has 1 aliphatic heterocycles. The van der Waals surface area contributed by atoms with Crippen molar-refractivity contribution in [3.8, 4) is 0 Å². The normalized spacial score (nSPS) is 26.3. The van der Waals surface area contributed by atoms with Crippen molar-refractivity contribution in [2.75, 3.05) is 13.1 Å². The van der Waals surface area contributed by atoms with Crippen molar-refractivity contribution in [3.63, 3.8) is 0 Å². The maximum Gasteiger partial charge on any atom is 0.699 e. The molecule has 3 unspecified atom stereocenters. The Bertz CT molecular complexity index is 260. The molecule has 1 rings (SSSR count). The molecule has 0 radical (unpaired) electrons. The van der Waals surface area contributed by atoms with Gasteiger partial charge in [0.2, 0.25) is 0 Å². The van der Waals surface area contributed by atoms with Crippen LogP contribution in [-0.4, -0.2) is 34.2 Å². The number of rotatable bonds is 5. The number of hydrogen-bond acceptors (Lipinski definition) is 5. The van der Waals surface area contributed by atoms with Crippen LogP contribution in [0.25, 0.3) is 0 Å². The van der Waals surface area contributed by atoms with E-state index >= 15 is 0 Å². The van der Waals surface area contributed by atoms with Crippen LogP contribution in [0.3, 0.4) is 0 Å². The summed E-state index contributed by atoms with van der Waals surface area (Å²) in [6, 6.07) is 0. The summed E-state index contributed by atoms with van der Waals surface area (Å²) in [7, 11) is -5.73. The van der Waals surface area contributed by atoms with Crippen molar-refractivity contribution in [3.05, 3.63) is 0 Å². The molecule has 0 aliphatic carbocycles. The lowest BCUT2D eigenvalue weighted by molar-refractivity contribution is -0.129. The summed E-state index contributed by atoms with van der Waals surface area (Å²) in [5.74, 6) is 0.400. The highest BCUT2D eigenvalue weighted by Gasteiger charge is 2.38. The van der Waals surface area contributed by atoms with Crippen LogP contribution < -0.4 is 0 Å². The fourth-order valence-corrected chi connectivity index (χ4v) is 2.45. The molecule has 1 saturated heterocycles. The smallest absolute Gasteiger partial charge is 0.247 e. The summed E-state index contributed by atoms with van der Waals surface area (Å²) < 4.78 is 30.3. The Hall–Kier alpha value is -0.0000000000000000763. The van der Waals surface area contributed by atoms with Crippen molar-refractivity contribution >= 4 is 16.5 Å². The van der Waals surface area contributed by atoms with E-state index in [2.05, 4.69) is 9.05 Å². The van der Waals surface area contributed by atoms with Crippen molar-refractivity contribution in [1.82, 2.24) is 4.90 Å². The molecule has 7 nitrogen and oxygen atoms in total. The minimum atomic E-state index is -2.87. The molecule has 0 aromatic heterocycles. The Morgan fingerprint density at radius 3 is 2.31 bits per heavy atom. The molecule has 1 fully saturated rings. The van der Waals surface area contributed by atoms with E-state index in [-0.39, 0.29) is 0 Å². The lowest BCUT2D eigenvalue weighted by Gasteiger charge is -2.30. The van der Waals surface area contributed by atoms with Gasteiger partial charge in [0.1, 0.15) is 0 Å². The first-order valence-electron chi connectivity index (χ1n) is 4.89. The predicted molar refractivity (Wildman–Crippen MR) is 55.6 cm³/mol. The molecule has 16 heavy (non-hydrogen) atoms. The lowest BCUT2D eigenvalue weighted by atomic mass is 10.0. The third-order valence-electron chi connectivity index (χ3n) is 2.35. The monoisotopic (exact) mass is 271 g/mol. The highest BCUT2D eigenvalue weighted by atomic mass is 31.1. The third-order valence-corrected chi connectivity index (χ3v) is 3.07. The van der Waals surface area contributed by atoms with Gasteiger partial charge in [0.25, 0.3) is 0 Å². The van der Waals surface area contributed by atoms with E-state index in [4.69, 9.17) is 9.79 Å². The second-order valence-electron chi connectivity index (χ2n) is 3.74. The summed E-state index contributed by atoms with van der Waals surface area (Å²) in [5, 5.41) is 0. The van der Waals surface area contributed by atoms with Crippen LogP contribution in [0.1, 0.15) is 19.8 Å². The minimum absolute atomic E-state index is 0.400. The van der Waals surface area contributed by atoms with E-state index in [0.29, 0.717) is 19.0 Å². The topological polar surface area (TPSA) is 96.3 Å². The van der Waals surface area contributed by atoms with Gasteiger partial charge in [-0.15, -0.1) is 9.79 Å². The zero-order valence-corrected chi connectivity index (χ0v) is 10.6. The van der Waals surface area contributed by atoms with Crippen LogP contribution in [0.4, 0.5) is 0 Å². The number of piperidine rings is 1. The zero-order valence-electron chi connectivity index (χ0n) is 8.85. The van der Waals surface area contributed by atoms with E-state index in [0.717, 1.165) is 12.8 Å². The molecule has 0 saturated carbocycles. The van der Waals surface area contributed by atoms with Crippen molar-refractivity contribution in [1.29, 1.82) is 0 Å². The Balaban J connectivity index is 2.58.